The van der Waals surface area contributed by atoms with E-state index in [1.807, 2.05) is 6.07 Å². The predicted octanol–water partition coefficient (Wildman–Crippen LogP) is 4.50. The molecule has 1 aliphatic heterocycles. The smallest absolute Gasteiger partial charge is 0.269 e. The third kappa shape index (κ3) is 2.77. The summed E-state index contributed by atoms with van der Waals surface area (Å²) in [4.78, 5) is 13.0. The fourth-order valence-corrected chi connectivity index (χ4v) is 2.87. The molecule has 0 spiro atoms. The number of anilines is 1. The molecule has 2 rings (SSSR count). The largest absolute Gasteiger partial charge is 0.368 e. The van der Waals surface area contributed by atoms with Crippen LogP contribution in [0.15, 0.2) is 18.2 Å². The Labute approximate surface area is 137 Å². The van der Waals surface area contributed by atoms with E-state index < -0.39 is 0 Å². The van der Waals surface area contributed by atoms with Crippen molar-refractivity contribution < 1.29 is 4.92 Å². The summed E-state index contributed by atoms with van der Waals surface area (Å²) in [5, 5.41) is 10.9. The first-order chi connectivity index (χ1) is 8.89. The molecule has 0 bridgehead atoms. The summed E-state index contributed by atoms with van der Waals surface area (Å²) in [6.45, 7) is 9.76. The van der Waals surface area contributed by atoms with Gasteiger partial charge in [0.2, 0.25) is 0 Å². The van der Waals surface area contributed by atoms with Gasteiger partial charge in [0.25, 0.3) is 5.69 Å². The summed E-state index contributed by atoms with van der Waals surface area (Å²) in [5.74, 6) is 0. The molecule has 0 radical (unpaired) electrons. The van der Waals surface area contributed by atoms with E-state index in [9.17, 15) is 10.1 Å². The van der Waals surface area contributed by atoms with Crippen LogP contribution >= 0.6 is 24.0 Å². The fourth-order valence-electron chi connectivity index (χ4n) is 2.87. The van der Waals surface area contributed by atoms with Crippen molar-refractivity contribution in [1.82, 2.24) is 0 Å². The van der Waals surface area contributed by atoms with E-state index in [4.69, 9.17) is 0 Å². The highest BCUT2D eigenvalue weighted by Gasteiger charge is 2.42. The van der Waals surface area contributed by atoms with Gasteiger partial charge in [-0.3, -0.25) is 10.1 Å². The van der Waals surface area contributed by atoms with Crippen LogP contribution in [0.5, 0.6) is 0 Å². The number of nitro benzene ring substituents is 1. The molecule has 1 atom stereocenters. The molecule has 112 valence electrons. The lowest BCUT2D eigenvalue weighted by Gasteiger charge is -2.31. The van der Waals surface area contributed by atoms with Gasteiger partial charge in [0.05, 0.1) is 4.92 Å². The Morgan fingerprint density at radius 2 is 2.05 bits per heavy atom. The second-order valence-corrected chi connectivity index (χ2v) is 5.90. The van der Waals surface area contributed by atoms with E-state index in [2.05, 4.69) is 32.6 Å². The summed E-state index contributed by atoms with van der Waals surface area (Å²) in [6.07, 6.45) is 2.31. The van der Waals surface area contributed by atoms with Crippen molar-refractivity contribution >= 4 is 35.4 Å². The average Bonchev–Trinajstić information content (AvgIpc) is 2.56. The van der Waals surface area contributed by atoms with Crippen LogP contribution in [0.4, 0.5) is 11.4 Å². The molecule has 1 aromatic carbocycles. The Hall–Kier alpha value is -0.850. The topological polar surface area (TPSA) is 46.4 Å². The maximum Gasteiger partial charge on any atom is 0.269 e. The van der Waals surface area contributed by atoms with Crippen molar-refractivity contribution in [2.75, 3.05) is 11.4 Å². The van der Waals surface area contributed by atoms with Gasteiger partial charge in [-0.05, 0) is 25.0 Å². The van der Waals surface area contributed by atoms with Crippen LogP contribution in [-0.4, -0.2) is 17.5 Å². The highest BCUT2D eigenvalue weighted by Crippen LogP contribution is 2.46. The lowest BCUT2D eigenvalue weighted by Crippen LogP contribution is -2.39. The molecule has 1 heterocycles. The number of hydrogen-bond acceptors (Lipinski definition) is 3. The Balaban J connectivity index is 0.00000200. The summed E-state index contributed by atoms with van der Waals surface area (Å²) in [7, 11) is 0. The molecule has 20 heavy (non-hydrogen) atoms. The lowest BCUT2D eigenvalue weighted by atomic mass is 9.81. The first-order valence-electron chi connectivity index (χ1n) is 6.95. The lowest BCUT2D eigenvalue weighted by molar-refractivity contribution is -0.384. The van der Waals surface area contributed by atoms with Crippen molar-refractivity contribution in [2.45, 2.75) is 52.0 Å². The van der Waals surface area contributed by atoms with Crippen molar-refractivity contribution in [3.05, 3.63) is 33.9 Å². The van der Waals surface area contributed by atoms with Crippen molar-refractivity contribution in [1.29, 1.82) is 0 Å². The number of benzene rings is 1. The highest BCUT2D eigenvalue weighted by atomic mass is 127. The minimum atomic E-state index is -0.310. The summed E-state index contributed by atoms with van der Waals surface area (Å²) in [6, 6.07) is 5.65. The maximum absolute atomic E-state index is 10.9. The van der Waals surface area contributed by atoms with Crippen molar-refractivity contribution in [3.63, 3.8) is 0 Å². The zero-order valence-electron chi connectivity index (χ0n) is 12.5. The SMILES string of the molecule is CCCCN1c2ccc([N+](=O)[O-])cc2C(C)(C)C1C.I. The molecule has 0 amide bonds. The number of nitrogens with zero attached hydrogens (tertiary/aromatic N) is 2. The normalized spacial score (nSPS) is 19.4. The minimum absolute atomic E-state index is 0. The molecule has 4 nitrogen and oxygen atoms in total. The number of hydrogen-bond donors (Lipinski definition) is 0. The van der Waals surface area contributed by atoms with Gasteiger partial charge in [0, 0.05) is 35.8 Å². The zero-order chi connectivity index (χ0) is 14.2. The molecule has 0 saturated heterocycles. The second-order valence-electron chi connectivity index (χ2n) is 5.90. The van der Waals surface area contributed by atoms with Gasteiger partial charge in [0.1, 0.15) is 0 Å². The zero-order valence-corrected chi connectivity index (χ0v) is 14.9. The predicted molar refractivity (Wildman–Crippen MR) is 93.3 cm³/mol. The first-order valence-corrected chi connectivity index (χ1v) is 6.95. The molecule has 0 aliphatic carbocycles. The van der Waals surface area contributed by atoms with E-state index in [1.165, 1.54) is 0 Å². The van der Waals surface area contributed by atoms with Crippen LogP contribution in [0, 0.1) is 10.1 Å². The van der Waals surface area contributed by atoms with Gasteiger partial charge >= 0.3 is 0 Å². The average molecular weight is 390 g/mol. The summed E-state index contributed by atoms with van der Waals surface area (Å²) < 4.78 is 0. The van der Waals surface area contributed by atoms with Crippen LogP contribution in [0.2, 0.25) is 0 Å². The van der Waals surface area contributed by atoms with Crippen LogP contribution < -0.4 is 4.90 Å². The number of non-ortho nitro benzene ring substituents is 1. The van der Waals surface area contributed by atoms with E-state index in [0.717, 1.165) is 30.6 Å². The van der Waals surface area contributed by atoms with Crippen LogP contribution in [-0.2, 0) is 5.41 Å². The van der Waals surface area contributed by atoms with Gasteiger partial charge in [-0.2, -0.15) is 0 Å². The number of rotatable bonds is 4. The Kier molecular flexibility index (Phi) is 5.40. The number of nitro groups is 1. The Morgan fingerprint density at radius 3 is 2.60 bits per heavy atom. The van der Waals surface area contributed by atoms with Crippen molar-refractivity contribution in [3.8, 4) is 0 Å². The van der Waals surface area contributed by atoms with E-state index in [0.29, 0.717) is 6.04 Å². The van der Waals surface area contributed by atoms with Crippen LogP contribution in [0.1, 0.15) is 46.1 Å². The Morgan fingerprint density at radius 1 is 1.40 bits per heavy atom. The molecule has 0 saturated carbocycles. The molecule has 0 fully saturated rings. The highest BCUT2D eigenvalue weighted by molar-refractivity contribution is 14.0. The Bertz CT molecular complexity index is 503. The number of unbranched alkanes of at least 4 members (excludes halogenated alkanes) is 1. The molecule has 1 unspecified atom stereocenters. The van der Waals surface area contributed by atoms with Gasteiger partial charge in [-0.25, -0.2) is 0 Å². The molecule has 1 aromatic rings. The minimum Gasteiger partial charge on any atom is -0.368 e. The van der Waals surface area contributed by atoms with Crippen LogP contribution in [0.3, 0.4) is 0 Å². The third-order valence-corrected chi connectivity index (χ3v) is 4.46. The quantitative estimate of drug-likeness (QED) is 0.432. The van der Waals surface area contributed by atoms with Crippen LogP contribution in [0.25, 0.3) is 0 Å². The molecule has 5 heteroatoms. The van der Waals surface area contributed by atoms with Gasteiger partial charge < -0.3 is 4.90 Å². The molecule has 0 aromatic heterocycles. The molecule has 0 N–H and O–H groups in total. The summed E-state index contributed by atoms with van der Waals surface area (Å²) in [5.41, 5.74) is 2.41. The van der Waals surface area contributed by atoms with Gasteiger partial charge in [-0.15, -0.1) is 24.0 Å². The maximum atomic E-state index is 10.9. The van der Waals surface area contributed by atoms with E-state index in [-0.39, 0.29) is 40.0 Å². The number of fused-ring (bicyclic) bond motifs is 1. The van der Waals surface area contributed by atoms with E-state index >= 15 is 0 Å². The second kappa shape index (κ2) is 6.28. The van der Waals surface area contributed by atoms with Gasteiger partial charge in [-0.1, -0.05) is 27.2 Å². The van der Waals surface area contributed by atoms with Crippen molar-refractivity contribution in [2.24, 2.45) is 0 Å². The van der Waals surface area contributed by atoms with Gasteiger partial charge in [0.15, 0.2) is 0 Å². The molecule has 1 aliphatic rings. The fraction of sp³-hybridized carbons (Fsp3) is 0.600. The molecular formula is C15H23IN2O2. The first kappa shape index (κ1) is 17.2. The van der Waals surface area contributed by atoms with E-state index in [1.54, 1.807) is 12.1 Å². The molecular weight excluding hydrogens is 367 g/mol. The monoisotopic (exact) mass is 390 g/mol. The number of halogens is 1. The third-order valence-electron chi connectivity index (χ3n) is 4.46. The standard InChI is InChI=1S/C15H22N2O2.HI/c1-5-6-9-16-11(2)15(3,4)13-10-12(17(18)19)7-8-14(13)16;/h7-8,10-11H,5-6,9H2,1-4H3;1H. The summed E-state index contributed by atoms with van der Waals surface area (Å²) >= 11 is 0.